The fourth-order valence-corrected chi connectivity index (χ4v) is 7.79. The van der Waals surface area contributed by atoms with Crippen LogP contribution in [0.15, 0.2) is 97.6 Å². The van der Waals surface area contributed by atoms with E-state index in [2.05, 4.69) is 82.8 Å². The normalized spacial score (nSPS) is 11.1. The molecule has 6 heterocycles. The zero-order chi connectivity index (χ0) is 21.3. The van der Waals surface area contributed by atoms with Gasteiger partial charge >= 0.3 is 0 Å². The Labute approximate surface area is 202 Å². The lowest BCUT2D eigenvalue weighted by molar-refractivity contribution is 1.33. The Morgan fingerprint density at radius 3 is 0.875 bits per heavy atom. The lowest BCUT2D eigenvalue weighted by atomic mass is 10.2. The van der Waals surface area contributed by atoms with Crippen LogP contribution in [-0.2, 0) is 0 Å². The van der Waals surface area contributed by atoms with E-state index in [0.29, 0.717) is 0 Å². The Morgan fingerprint density at radius 1 is 0.312 bits per heavy atom. The van der Waals surface area contributed by atoms with Crippen LogP contribution in [0.2, 0.25) is 0 Å². The molecule has 0 bridgehead atoms. The molecule has 32 heavy (non-hydrogen) atoms. The van der Waals surface area contributed by atoms with E-state index >= 15 is 0 Å². The standard InChI is InChI=1S/C26H16N2S4/c1-3-21(29-19(1)17-9-13-27-14-10-17)23-5-7-25(31-23)26-8-6-24(32-26)22-4-2-20(30-22)18-11-15-28-16-12-18/h1-16H. The van der Waals surface area contributed by atoms with Gasteiger partial charge in [-0.15, -0.1) is 45.3 Å². The van der Waals surface area contributed by atoms with Gasteiger partial charge in [-0.25, -0.2) is 0 Å². The van der Waals surface area contributed by atoms with Gasteiger partial charge in [0.25, 0.3) is 0 Å². The average Bonchev–Trinajstić information content (AvgIpc) is 3.65. The highest BCUT2D eigenvalue weighted by molar-refractivity contribution is 7.29. The quantitative estimate of drug-likeness (QED) is 0.244. The first-order chi connectivity index (χ1) is 15.8. The summed E-state index contributed by atoms with van der Waals surface area (Å²) in [6.07, 6.45) is 7.39. The third kappa shape index (κ3) is 3.87. The monoisotopic (exact) mass is 484 g/mol. The number of nitrogens with zero attached hydrogens (tertiary/aromatic N) is 2. The number of hydrogen-bond donors (Lipinski definition) is 0. The fourth-order valence-electron chi connectivity index (χ4n) is 3.49. The van der Waals surface area contributed by atoms with Gasteiger partial charge in [0.2, 0.25) is 0 Å². The van der Waals surface area contributed by atoms with Crippen molar-refractivity contribution in [2.45, 2.75) is 0 Å². The molecule has 0 aromatic carbocycles. The minimum Gasteiger partial charge on any atom is -0.265 e. The summed E-state index contributed by atoms with van der Waals surface area (Å²) in [4.78, 5) is 18.7. The summed E-state index contributed by atoms with van der Waals surface area (Å²) in [5.41, 5.74) is 2.44. The second kappa shape index (κ2) is 8.56. The predicted molar refractivity (Wildman–Crippen MR) is 141 cm³/mol. The SMILES string of the molecule is c1cc(-c2ccc(-c3ccc(-c4ccc(-c5ccc(-c6ccncc6)s5)s4)s3)s2)ccn1. The highest BCUT2D eigenvalue weighted by Crippen LogP contribution is 2.44. The average molecular weight is 485 g/mol. The summed E-state index contributed by atoms with van der Waals surface area (Å²) in [6, 6.07) is 26.1. The van der Waals surface area contributed by atoms with E-state index < -0.39 is 0 Å². The van der Waals surface area contributed by atoms with Gasteiger partial charge in [-0.2, -0.15) is 0 Å². The number of pyridine rings is 2. The molecule has 6 rings (SSSR count). The van der Waals surface area contributed by atoms with Crippen LogP contribution in [0, 0.1) is 0 Å². The molecule has 0 saturated heterocycles. The molecule has 6 heteroatoms. The molecule has 2 nitrogen and oxygen atoms in total. The summed E-state index contributed by atoms with van der Waals surface area (Å²) in [7, 11) is 0. The van der Waals surface area contributed by atoms with Crippen molar-refractivity contribution in [2.75, 3.05) is 0 Å². The molecule has 0 aliphatic rings. The Bertz CT molecular complexity index is 1360. The highest BCUT2D eigenvalue weighted by Gasteiger charge is 2.12. The largest absolute Gasteiger partial charge is 0.265 e. The van der Waals surface area contributed by atoms with Crippen LogP contribution in [-0.4, -0.2) is 9.97 Å². The molecule has 0 radical (unpaired) electrons. The molecule has 0 aliphatic carbocycles. The van der Waals surface area contributed by atoms with E-state index in [9.17, 15) is 0 Å². The maximum absolute atomic E-state index is 4.12. The first-order valence-corrected chi connectivity index (χ1v) is 13.3. The van der Waals surface area contributed by atoms with E-state index in [-0.39, 0.29) is 0 Å². The summed E-state index contributed by atoms with van der Waals surface area (Å²) >= 11 is 7.39. The lowest BCUT2D eigenvalue weighted by Gasteiger charge is -1.95. The van der Waals surface area contributed by atoms with Gasteiger partial charge in [0.15, 0.2) is 0 Å². The van der Waals surface area contributed by atoms with Crippen LogP contribution < -0.4 is 0 Å². The van der Waals surface area contributed by atoms with Gasteiger partial charge in [-0.05, 0) is 83.9 Å². The fraction of sp³-hybridized carbons (Fsp3) is 0. The zero-order valence-corrected chi connectivity index (χ0v) is 20.0. The molecular formula is C26H16N2S4. The minimum absolute atomic E-state index is 1.22. The smallest absolute Gasteiger partial charge is 0.0449 e. The molecule has 0 aliphatic heterocycles. The van der Waals surface area contributed by atoms with Crippen molar-refractivity contribution in [1.82, 2.24) is 9.97 Å². The molecule has 6 aromatic rings. The second-order valence-electron chi connectivity index (χ2n) is 7.13. The van der Waals surface area contributed by atoms with Gasteiger partial charge < -0.3 is 0 Å². The Hall–Kier alpha value is -2.90. The van der Waals surface area contributed by atoms with E-state index in [1.807, 2.05) is 70.1 Å². The Kier molecular flexibility index (Phi) is 5.29. The zero-order valence-electron chi connectivity index (χ0n) is 16.8. The summed E-state index contributed by atoms with van der Waals surface area (Å²) < 4.78 is 0. The van der Waals surface area contributed by atoms with Crippen molar-refractivity contribution in [1.29, 1.82) is 0 Å². The van der Waals surface area contributed by atoms with Crippen LogP contribution in [0.5, 0.6) is 0 Å². The molecule has 6 aromatic heterocycles. The molecule has 0 saturated carbocycles. The molecular weight excluding hydrogens is 469 g/mol. The second-order valence-corrected chi connectivity index (χ2v) is 11.5. The van der Waals surface area contributed by atoms with Crippen molar-refractivity contribution >= 4 is 45.3 Å². The van der Waals surface area contributed by atoms with Gasteiger partial charge in [-0.1, -0.05) is 0 Å². The van der Waals surface area contributed by atoms with Crippen LogP contribution >= 0.6 is 45.3 Å². The van der Waals surface area contributed by atoms with Crippen LogP contribution in [0.1, 0.15) is 0 Å². The van der Waals surface area contributed by atoms with Crippen molar-refractivity contribution in [3.63, 3.8) is 0 Å². The molecule has 0 atom stereocenters. The van der Waals surface area contributed by atoms with Crippen molar-refractivity contribution in [3.8, 4) is 50.1 Å². The maximum atomic E-state index is 4.12. The number of rotatable bonds is 5. The third-order valence-corrected chi connectivity index (χ3v) is 10.1. The predicted octanol–water partition coefficient (Wildman–Crippen LogP) is 9.06. The number of aromatic nitrogens is 2. The van der Waals surface area contributed by atoms with E-state index in [0.717, 1.165) is 0 Å². The molecule has 0 unspecified atom stereocenters. The first kappa shape index (κ1) is 19.8. The van der Waals surface area contributed by atoms with Crippen molar-refractivity contribution in [2.24, 2.45) is 0 Å². The molecule has 0 fully saturated rings. The molecule has 154 valence electrons. The van der Waals surface area contributed by atoms with Crippen molar-refractivity contribution < 1.29 is 0 Å². The van der Waals surface area contributed by atoms with Gasteiger partial charge in [-0.3, -0.25) is 9.97 Å². The summed E-state index contributed by atoms with van der Waals surface area (Å²) in [6.45, 7) is 0. The van der Waals surface area contributed by atoms with Crippen LogP contribution in [0.4, 0.5) is 0 Å². The lowest BCUT2D eigenvalue weighted by Crippen LogP contribution is -1.71. The highest BCUT2D eigenvalue weighted by atomic mass is 32.1. The van der Waals surface area contributed by atoms with Gasteiger partial charge in [0, 0.05) is 63.8 Å². The Balaban J connectivity index is 1.24. The first-order valence-electron chi connectivity index (χ1n) is 10.0. The topological polar surface area (TPSA) is 25.8 Å². The van der Waals surface area contributed by atoms with E-state index in [4.69, 9.17) is 0 Å². The number of thiophene rings is 4. The van der Waals surface area contributed by atoms with E-state index in [1.165, 1.54) is 50.1 Å². The minimum atomic E-state index is 1.22. The van der Waals surface area contributed by atoms with E-state index in [1.54, 1.807) is 0 Å². The van der Waals surface area contributed by atoms with Crippen LogP contribution in [0.3, 0.4) is 0 Å². The van der Waals surface area contributed by atoms with Crippen LogP contribution in [0.25, 0.3) is 50.1 Å². The third-order valence-electron chi connectivity index (χ3n) is 5.08. The Morgan fingerprint density at radius 2 is 0.562 bits per heavy atom. The summed E-state index contributed by atoms with van der Waals surface area (Å²) in [5.74, 6) is 0. The molecule has 0 N–H and O–H groups in total. The maximum Gasteiger partial charge on any atom is 0.0449 e. The summed E-state index contributed by atoms with van der Waals surface area (Å²) in [5, 5.41) is 0. The van der Waals surface area contributed by atoms with Gasteiger partial charge in [0.1, 0.15) is 0 Å². The molecule has 0 amide bonds. The van der Waals surface area contributed by atoms with Gasteiger partial charge in [0.05, 0.1) is 0 Å². The molecule has 0 spiro atoms. The van der Waals surface area contributed by atoms with Crippen molar-refractivity contribution in [3.05, 3.63) is 97.6 Å². The number of hydrogen-bond acceptors (Lipinski definition) is 6.